The number of nitrogens with one attached hydrogen (secondary N) is 1. The number of phenolic OH excluding ortho intramolecular Hbond substituents is 1. The average molecular weight is 898 g/mol. The first kappa shape index (κ1) is 42.7. The molecule has 4 aromatic rings. The Morgan fingerprint density at radius 3 is 2.16 bits per heavy atom. The SMILES string of the molecule is COc1ccc([C@@]23C(=O)N(Nc4ccc(Cl)cc4Cl)C(=O)[C@@H]2C[C@@H]2C(=CC[C@@H]4C(=O)N(c5cc([N+](=O)[O-])c(N(C)C)c([N+](=O)[O-])c5)C(=O)[C@@H]42)[C@@H]3C=Cc2ccc(O)c(OC)c2)cc1. The van der Waals surface area contributed by atoms with Crippen molar-refractivity contribution >= 4 is 81.3 Å². The predicted octanol–water partition coefficient (Wildman–Crippen LogP) is 7.33. The minimum absolute atomic E-state index is 0.00273. The van der Waals surface area contributed by atoms with E-state index in [1.807, 2.05) is 0 Å². The van der Waals surface area contributed by atoms with E-state index in [4.69, 9.17) is 32.7 Å². The number of nitro benzene ring substituents is 2. The Hall–Kier alpha value is -6.98. The molecule has 4 aliphatic rings. The van der Waals surface area contributed by atoms with Crippen LogP contribution >= 0.6 is 23.2 Å². The smallest absolute Gasteiger partial charge is 0.301 e. The fourth-order valence-electron chi connectivity index (χ4n) is 9.80. The average Bonchev–Trinajstić information content (AvgIpc) is 3.64. The first-order valence-electron chi connectivity index (χ1n) is 19.5. The predicted molar refractivity (Wildman–Crippen MR) is 232 cm³/mol. The van der Waals surface area contributed by atoms with E-state index in [2.05, 4.69) is 5.43 Å². The Balaban J connectivity index is 1.30. The zero-order valence-electron chi connectivity index (χ0n) is 34.0. The fraction of sp³-hybridized carbons (Fsp3) is 0.273. The van der Waals surface area contributed by atoms with E-state index in [9.17, 15) is 34.9 Å². The number of phenols is 1. The first-order valence-corrected chi connectivity index (χ1v) is 20.3. The molecule has 1 saturated carbocycles. The molecule has 2 aliphatic carbocycles. The number of imide groups is 2. The van der Waals surface area contributed by atoms with Crippen molar-refractivity contribution in [3.63, 3.8) is 0 Å². The van der Waals surface area contributed by atoms with Crippen LogP contribution < -0.4 is 24.7 Å². The lowest BCUT2D eigenvalue weighted by atomic mass is 9.50. The molecule has 3 fully saturated rings. The van der Waals surface area contributed by atoms with Crippen LogP contribution in [-0.4, -0.2) is 71.9 Å². The highest BCUT2D eigenvalue weighted by atomic mass is 35.5. The zero-order valence-corrected chi connectivity index (χ0v) is 35.5. The normalized spacial score (nSPS) is 23.9. The minimum atomic E-state index is -1.67. The summed E-state index contributed by atoms with van der Waals surface area (Å²) in [6, 6.07) is 17.9. The lowest BCUT2D eigenvalue weighted by molar-refractivity contribution is -0.392. The number of hydrazine groups is 1. The van der Waals surface area contributed by atoms with Crippen LogP contribution in [0.5, 0.6) is 17.2 Å². The van der Waals surface area contributed by atoms with E-state index in [0.717, 1.165) is 22.0 Å². The van der Waals surface area contributed by atoms with Gasteiger partial charge in [-0.2, -0.15) is 5.01 Å². The summed E-state index contributed by atoms with van der Waals surface area (Å²) in [5.74, 6) is -7.30. The van der Waals surface area contributed by atoms with Crippen LogP contribution in [0.3, 0.4) is 0 Å². The lowest BCUT2D eigenvalue weighted by Gasteiger charge is -2.49. The number of halogens is 2. The Kier molecular flexibility index (Phi) is 10.9. The Labute approximate surface area is 369 Å². The molecule has 2 heterocycles. The van der Waals surface area contributed by atoms with Gasteiger partial charge in [-0.3, -0.25) is 44.8 Å². The Bertz CT molecular complexity index is 2670. The summed E-state index contributed by atoms with van der Waals surface area (Å²) in [5.41, 5.74) is 1.04. The molecular formula is C44H38Cl2N6O11. The fourth-order valence-corrected chi connectivity index (χ4v) is 10.3. The van der Waals surface area contributed by atoms with E-state index in [0.29, 0.717) is 27.5 Å². The highest BCUT2D eigenvalue weighted by Gasteiger charge is 2.69. The molecule has 4 aromatic carbocycles. The summed E-state index contributed by atoms with van der Waals surface area (Å²) < 4.78 is 10.8. The van der Waals surface area contributed by atoms with Gasteiger partial charge in [0.1, 0.15) is 5.75 Å². The molecule has 2 saturated heterocycles. The number of hydrogen-bond acceptors (Lipinski definition) is 13. The molecule has 8 rings (SSSR count). The highest BCUT2D eigenvalue weighted by molar-refractivity contribution is 6.36. The molecule has 4 amide bonds. The van der Waals surface area contributed by atoms with Gasteiger partial charge in [-0.1, -0.05) is 65.2 Å². The van der Waals surface area contributed by atoms with Crippen molar-refractivity contribution in [1.82, 2.24) is 5.01 Å². The van der Waals surface area contributed by atoms with Gasteiger partial charge in [0.05, 0.1) is 63.6 Å². The number of methoxy groups -OCH3 is 2. The summed E-state index contributed by atoms with van der Waals surface area (Å²) in [6.45, 7) is 0. The van der Waals surface area contributed by atoms with Gasteiger partial charge in [-0.15, -0.1) is 0 Å². The van der Waals surface area contributed by atoms with E-state index in [1.165, 1.54) is 57.5 Å². The molecule has 0 unspecified atom stereocenters. The second-order valence-electron chi connectivity index (χ2n) is 15.8. The number of fused-ring (bicyclic) bond motifs is 4. The second-order valence-corrected chi connectivity index (χ2v) is 16.6. The van der Waals surface area contributed by atoms with Crippen LogP contribution in [0.2, 0.25) is 10.0 Å². The lowest BCUT2D eigenvalue weighted by Crippen LogP contribution is -2.54. The highest BCUT2D eigenvalue weighted by Crippen LogP contribution is 2.62. The number of nitrogens with zero attached hydrogens (tertiary/aromatic N) is 5. The quantitative estimate of drug-likeness (QED) is 0.0654. The molecule has 0 aromatic heterocycles. The molecule has 63 heavy (non-hydrogen) atoms. The monoisotopic (exact) mass is 896 g/mol. The molecule has 0 spiro atoms. The van der Waals surface area contributed by atoms with Crippen molar-refractivity contribution in [3.05, 3.63) is 132 Å². The van der Waals surface area contributed by atoms with Gasteiger partial charge >= 0.3 is 11.4 Å². The number of allylic oxidation sites excluding steroid dienone is 3. The van der Waals surface area contributed by atoms with Gasteiger partial charge < -0.3 is 19.5 Å². The third kappa shape index (κ3) is 6.78. The summed E-state index contributed by atoms with van der Waals surface area (Å²) >= 11 is 12.7. The van der Waals surface area contributed by atoms with Crippen LogP contribution in [0.25, 0.3) is 6.08 Å². The first-order chi connectivity index (χ1) is 30.0. The topological polar surface area (TPSA) is 215 Å². The summed E-state index contributed by atoms with van der Waals surface area (Å²) in [6.07, 6.45) is 5.19. The maximum atomic E-state index is 15.5. The van der Waals surface area contributed by atoms with Crippen molar-refractivity contribution in [1.29, 1.82) is 0 Å². The maximum absolute atomic E-state index is 15.5. The largest absolute Gasteiger partial charge is 0.504 e. The number of carbonyl (C=O) groups is 4. The molecule has 324 valence electrons. The van der Waals surface area contributed by atoms with Gasteiger partial charge in [0, 0.05) is 37.2 Å². The van der Waals surface area contributed by atoms with Gasteiger partial charge in [0.2, 0.25) is 11.8 Å². The number of amides is 4. The number of benzene rings is 4. The number of anilines is 3. The second kappa shape index (κ2) is 16.0. The molecule has 19 heteroatoms. The number of ether oxygens (including phenoxy) is 2. The Morgan fingerprint density at radius 1 is 0.873 bits per heavy atom. The molecule has 2 aliphatic heterocycles. The number of carbonyl (C=O) groups excluding carboxylic acids is 4. The number of hydrogen-bond donors (Lipinski definition) is 2. The third-order valence-electron chi connectivity index (χ3n) is 12.5. The van der Waals surface area contributed by atoms with Gasteiger partial charge in [-0.05, 0) is 72.4 Å². The Morgan fingerprint density at radius 2 is 1.56 bits per heavy atom. The van der Waals surface area contributed by atoms with Crippen molar-refractivity contribution in [3.8, 4) is 17.2 Å². The number of aromatic hydroxyl groups is 1. The van der Waals surface area contributed by atoms with Gasteiger partial charge in [-0.25, -0.2) is 4.90 Å². The zero-order chi connectivity index (χ0) is 45.2. The van der Waals surface area contributed by atoms with Crippen LogP contribution in [0.1, 0.15) is 24.0 Å². The molecule has 0 radical (unpaired) electrons. The van der Waals surface area contributed by atoms with Crippen LogP contribution in [-0.2, 0) is 24.6 Å². The number of rotatable bonds is 11. The van der Waals surface area contributed by atoms with Gasteiger partial charge in [0.25, 0.3) is 11.8 Å². The van der Waals surface area contributed by atoms with Crippen molar-refractivity contribution in [2.24, 2.45) is 29.6 Å². The van der Waals surface area contributed by atoms with Crippen molar-refractivity contribution in [2.75, 3.05) is 43.5 Å². The molecule has 2 N–H and O–H groups in total. The van der Waals surface area contributed by atoms with E-state index in [-0.39, 0.29) is 46.4 Å². The molecule has 17 nitrogen and oxygen atoms in total. The minimum Gasteiger partial charge on any atom is -0.504 e. The van der Waals surface area contributed by atoms with Crippen molar-refractivity contribution in [2.45, 2.75) is 18.3 Å². The summed E-state index contributed by atoms with van der Waals surface area (Å²) in [4.78, 5) is 84.7. The van der Waals surface area contributed by atoms with Crippen LogP contribution in [0.15, 0.2) is 90.5 Å². The standard InChI is InChI=1S/C44H38Cl2N6O11/c1-48(2)39-34(51(58)59)19-25(20-35(39)52(60)61)49-40(54)28-13-12-27-29(38(28)42(49)56)21-31-41(55)50(47-33-15-9-24(45)18-32(33)46)43(57)44(31,23-7-10-26(62-3)11-8-23)30(27)14-5-22-6-16-36(53)37(17-22)63-4/h5-12,14-20,28-31,38,47,53H,13,21H2,1-4H3/t28-,29+,30-,31-,38-,44-/m0/s1. The maximum Gasteiger partial charge on any atom is 0.301 e. The van der Waals surface area contributed by atoms with E-state index >= 15 is 9.59 Å². The molecular weight excluding hydrogens is 859 g/mol. The summed E-state index contributed by atoms with van der Waals surface area (Å²) in [7, 11) is 5.69. The molecule has 6 atom stereocenters. The van der Waals surface area contributed by atoms with Crippen LogP contribution in [0.4, 0.5) is 28.4 Å². The summed E-state index contributed by atoms with van der Waals surface area (Å²) in [5, 5.41) is 36.3. The van der Waals surface area contributed by atoms with Crippen molar-refractivity contribution < 1.29 is 43.6 Å². The number of nitro groups is 2. The third-order valence-corrected chi connectivity index (χ3v) is 13.0. The van der Waals surface area contributed by atoms with Crippen LogP contribution in [0, 0.1) is 49.8 Å². The van der Waals surface area contributed by atoms with E-state index in [1.54, 1.807) is 54.6 Å². The molecule has 0 bridgehead atoms. The van der Waals surface area contributed by atoms with E-state index < -0.39 is 79.9 Å². The van der Waals surface area contributed by atoms with Gasteiger partial charge in [0.15, 0.2) is 17.2 Å².